The highest BCUT2D eigenvalue weighted by Crippen LogP contribution is 2.39. The Hall–Kier alpha value is -2.20. The van der Waals surface area contributed by atoms with Gasteiger partial charge in [-0.05, 0) is 22.9 Å². The number of halogens is 3. The maximum atomic E-state index is 13.6. The summed E-state index contributed by atoms with van der Waals surface area (Å²) in [5, 5.41) is 30.7. The lowest BCUT2D eigenvalue weighted by molar-refractivity contribution is -0.154. The topological polar surface area (TPSA) is 87.7 Å². The maximum absolute atomic E-state index is 13.6. The van der Waals surface area contributed by atoms with Crippen LogP contribution < -0.4 is 0 Å². The lowest BCUT2D eigenvalue weighted by Gasteiger charge is -2.20. The number of alkyl halides is 3. The number of benzene rings is 2. The van der Waals surface area contributed by atoms with E-state index in [4.69, 9.17) is 4.74 Å². The molecule has 9 heteroatoms. The van der Waals surface area contributed by atoms with Crippen LogP contribution in [0, 0.1) is 0 Å². The first kappa shape index (κ1) is 17.2. The molecule has 2 aromatic carbocycles. The molecule has 1 aliphatic rings. The molecule has 4 atom stereocenters. The van der Waals surface area contributed by atoms with Crippen molar-refractivity contribution in [1.82, 2.24) is 9.55 Å². The molecule has 4 rings (SSSR count). The highest BCUT2D eigenvalue weighted by molar-refractivity contribution is 5.95. The zero-order chi connectivity index (χ0) is 18.6. The molecule has 0 aliphatic carbocycles. The Kier molecular flexibility index (Phi) is 3.92. The zero-order valence-electron chi connectivity index (χ0n) is 13.3. The summed E-state index contributed by atoms with van der Waals surface area (Å²) < 4.78 is 46.7. The lowest BCUT2D eigenvalue weighted by Crippen LogP contribution is -2.33. The van der Waals surface area contributed by atoms with E-state index < -0.39 is 43.1 Å². The average Bonchev–Trinajstić information content (AvgIpc) is 3.10. The first-order valence-corrected chi connectivity index (χ1v) is 7.91. The summed E-state index contributed by atoms with van der Waals surface area (Å²) in [4.78, 5) is 3.69. The Morgan fingerprint density at radius 1 is 1.08 bits per heavy atom. The van der Waals surface area contributed by atoms with Gasteiger partial charge in [0, 0.05) is 0 Å². The van der Waals surface area contributed by atoms with Crippen molar-refractivity contribution in [2.24, 2.45) is 0 Å². The van der Waals surface area contributed by atoms with E-state index >= 15 is 0 Å². The molecule has 3 aromatic rings. The molecule has 138 valence electrons. The minimum atomic E-state index is -4.80. The first-order chi connectivity index (χ1) is 12.3. The molecule has 2 heterocycles. The van der Waals surface area contributed by atoms with Crippen molar-refractivity contribution in [1.29, 1.82) is 0 Å². The predicted molar refractivity (Wildman–Crippen MR) is 85.3 cm³/mol. The van der Waals surface area contributed by atoms with Crippen molar-refractivity contribution in [3.05, 3.63) is 42.2 Å². The molecule has 1 aliphatic heterocycles. The number of nitrogens with zero attached hydrogens (tertiary/aromatic N) is 2. The van der Waals surface area contributed by atoms with Crippen molar-refractivity contribution in [3.8, 4) is 0 Å². The highest BCUT2D eigenvalue weighted by Gasteiger charge is 2.48. The van der Waals surface area contributed by atoms with Crippen LogP contribution in [0.1, 0.15) is 12.1 Å². The summed E-state index contributed by atoms with van der Waals surface area (Å²) in [6.07, 6.45) is -10.7. The number of aliphatic hydroxyl groups is 3. The Labute approximate surface area is 145 Å². The van der Waals surface area contributed by atoms with Crippen molar-refractivity contribution < 1.29 is 33.2 Å². The van der Waals surface area contributed by atoms with Gasteiger partial charge >= 0.3 is 6.18 Å². The van der Waals surface area contributed by atoms with Gasteiger partial charge in [0.25, 0.3) is 0 Å². The van der Waals surface area contributed by atoms with Crippen LogP contribution in [-0.4, -0.2) is 49.8 Å². The molecule has 0 saturated carbocycles. The van der Waals surface area contributed by atoms with Gasteiger partial charge in [-0.2, -0.15) is 13.2 Å². The highest BCUT2D eigenvalue weighted by atomic mass is 19.4. The monoisotopic (exact) mass is 368 g/mol. The van der Waals surface area contributed by atoms with Gasteiger partial charge in [-0.15, -0.1) is 0 Å². The van der Waals surface area contributed by atoms with Gasteiger partial charge in [-0.3, -0.25) is 4.57 Å². The fourth-order valence-electron chi connectivity index (χ4n) is 3.33. The summed E-state index contributed by atoms with van der Waals surface area (Å²) in [7, 11) is 0. The van der Waals surface area contributed by atoms with Gasteiger partial charge < -0.3 is 20.1 Å². The summed E-state index contributed by atoms with van der Waals surface area (Å²) in [5.41, 5.74) is 0.208. The quantitative estimate of drug-likeness (QED) is 0.642. The Bertz CT molecular complexity index is 972. The van der Waals surface area contributed by atoms with Crippen LogP contribution in [0.25, 0.3) is 21.8 Å². The smallest absolute Gasteiger partial charge is 0.394 e. The lowest BCUT2D eigenvalue weighted by atomic mass is 10.1. The molecule has 0 amide bonds. The largest absolute Gasteiger partial charge is 0.449 e. The third-order valence-corrected chi connectivity index (χ3v) is 4.58. The van der Waals surface area contributed by atoms with Gasteiger partial charge in [0.1, 0.15) is 18.3 Å². The standard InChI is InChI=1S/C17H15F3N2O4/c18-17(19,20)16-21-10-5-8-3-1-2-4-9(8)6-11(10)22(16)15-14(25)13(24)12(7-23)26-15/h1-6,12-15,23-25H,7H2/t12-,13+,14+,15-/m0/s1. The van der Waals surface area contributed by atoms with E-state index in [9.17, 15) is 28.5 Å². The van der Waals surface area contributed by atoms with Crippen LogP contribution in [0.4, 0.5) is 13.2 Å². The molecule has 3 N–H and O–H groups in total. The number of hydrogen-bond donors (Lipinski definition) is 3. The molecule has 6 nitrogen and oxygen atoms in total. The number of hydrogen-bond acceptors (Lipinski definition) is 5. The van der Waals surface area contributed by atoms with E-state index in [2.05, 4.69) is 4.98 Å². The van der Waals surface area contributed by atoms with Crippen LogP contribution >= 0.6 is 0 Å². The van der Waals surface area contributed by atoms with Crippen LogP contribution in [0.3, 0.4) is 0 Å². The predicted octanol–water partition coefficient (Wildman–Crippen LogP) is 1.82. The number of aromatic nitrogens is 2. The van der Waals surface area contributed by atoms with E-state index in [1.807, 2.05) is 0 Å². The fourth-order valence-corrected chi connectivity index (χ4v) is 3.33. The van der Waals surface area contributed by atoms with E-state index in [-0.39, 0.29) is 11.0 Å². The van der Waals surface area contributed by atoms with Gasteiger partial charge in [-0.25, -0.2) is 4.98 Å². The second kappa shape index (κ2) is 5.92. The number of rotatable bonds is 2. The van der Waals surface area contributed by atoms with Gasteiger partial charge in [0.2, 0.25) is 5.82 Å². The molecule has 26 heavy (non-hydrogen) atoms. The molecular formula is C17H15F3N2O4. The molecule has 1 aromatic heterocycles. The van der Waals surface area contributed by atoms with E-state index in [0.29, 0.717) is 5.39 Å². The van der Waals surface area contributed by atoms with Crippen LogP contribution in [0.5, 0.6) is 0 Å². The summed E-state index contributed by atoms with van der Waals surface area (Å²) in [6.45, 7) is -0.633. The molecule has 0 unspecified atom stereocenters. The summed E-state index contributed by atoms with van der Waals surface area (Å²) in [6, 6.07) is 10.1. The molecule has 1 saturated heterocycles. The van der Waals surface area contributed by atoms with Crippen molar-refractivity contribution in [2.75, 3.05) is 6.61 Å². The number of ether oxygens (including phenoxy) is 1. The minimum Gasteiger partial charge on any atom is -0.394 e. The minimum absolute atomic E-state index is 0.0914. The van der Waals surface area contributed by atoms with Crippen LogP contribution in [0.15, 0.2) is 36.4 Å². The Morgan fingerprint density at radius 2 is 1.73 bits per heavy atom. The van der Waals surface area contributed by atoms with E-state index in [0.717, 1.165) is 9.95 Å². The third-order valence-electron chi connectivity index (χ3n) is 4.58. The van der Waals surface area contributed by atoms with E-state index in [1.54, 1.807) is 24.3 Å². The zero-order valence-corrected chi connectivity index (χ0v) is 13.3. The van der Waals surface area contributed by atoms with Crippen molar-refractivity contribution in [2.45, 2.75) is 30.7 Å². The normalized spacial score (nSPS) is 26.8. The number of imidazole rings is 1. The Balaban J connectivity index is 1.98. The maximum Gasteiger partial charge on any atom is 0.449 e. The van der Waals surface area contributed by atoms with Crippen LogP contribution in [-0.2, 0) is 10.9 Å². The molecule has 1 fully saturated rings. The van der Waals surface area contributed by atoms with Crippen molar-refractivity contribution in [3.63, 3.8) is 0 Å². The average molecular weight is 368 g/mol. The first-order valence-electron chi connectivity index (χ1n) is 7.91. The Morgan fingerprint density at radius 3 is 2.31 bits per heavy atom. The molecule has 0 radical (unpaired) electrons. The molecule has 0 spiro atoms. The van der Waals surface area contributed by atoms with Gasteiger partial charge in [0.05, 0.1) is 17.6 Å². The molecular weight excluding hydrogens is 353 g/mol. The van der Waals surface area contributed by atoms with Crippen molar-refractivity contribution >= 4 is 21.8 Å². The summed E-state index contributed by atoms with van der Waals surface area (Å²) >= 11 is 0. The third kappa shape index (κ3) is 2.55. The van der Waals surface area contributed by atoms with Crippen LogP contribution in [0.2, 0.25) is 0 Å². The SMILES string of the molecule is OC[C@@H]1O[C@H](n2c(C(F)(F)F)nc3cc4ccccc4cc32)[C@H](O)[C@@H]1O. The summed E-state index contributed by atoms with van der Waals surface area (Å²) in [5.74, 6) is -1.24. The molecule has 0 bridgehead atoms. The fraction of sp³-hybridized carbons (Fsp3) is 0.353. The second-order valence-electron chi connectivity index (χ2n) is 6.22. The number of fused-ring (bicyclic) bond motifs is 2. The van der Waals surface area contributed by atoms with Gasteiger partial charge in [0.15, 0.2) is 6.23 Å². The number of aliphatic hydroxyl groups excluding tert-OH is 3. The van der Waals surface area contributed by atoms with Gasteiger partial charge in [-0.1, -0.05) is 24.3 Å². The van der Waals surface area contributed by atoms with E-state index in [1.165, 1.54) is 12.1 Å². The second-order valence-corrected chi connectivity index (χ2v) is 6.22.